The first kappa shape index (κ1) is 21.3. The highest BCUT2D eigenvalue weighted by molar-refractivity contribution is 5.80. The van der Waals surface area contributed by atoms with Crippen LogP contribution in [-0.4, -0.2) is 52.2 Å². The minimum atomic E-state index is -1.67. The minimum absolute atomic E-state index is 0.0329. The molecular formula is C24H32FN5O2. The second-order valence-corrected chi connectivity index (χ2v) is 10.3. The molecule has 0 aromatic carbocycles. The molecule has 2 saturated heterocycles. The van der Waals surface area contributed by atoms with Crippen molar-refractivity contribution in [1.82, 2.24) is 20.1 Å². The number of pyridine rings is 1. The van der Waals surface area contributed by atoms with Gasteiger partial charge < -0.3 is 14.2 Å². The Morgan fingerprint density at radius 2 is 1.84 bits per heavy atom. The molecule has 3 fully saturated rings. The second kappa shape index (κ2) is 8.12. The van der Waals surface area contributed by atoms with Crippen LogP contribution in [0.15, 0.2) is 22.7 Å². The smallest absolute Gasteiger partial charge is 0.253 e. The maximum atomic E-state index is 14.0. The number of piperidine rings is 1. The molecule has 172 valence electrons. The summed E-state index contributed by atoms with van der Waals surface area (Å²) in [6.45, 7) is 6.51. The summed E-state index contributed by atoms with van der Waals surface area (Å²) >= 11 is 0. The number of alkyl halides is 1. The highest BCUT2D eigenvalue weighted by Crippen LogP contribution is 2.42. The quantitative estimate of drug-likeness (QED) is 0.702. The number of aromatic nitrogens is 3. The van der Waals surface area contributed by atoms with E-state index in [4.69, 9.17) is 4.42 Å². The Kier molecular flexibility index (Phi) is 5.42. The maximum Gasteiger partial charge on any atom is 0.253 e. The summed E-state index contributed by atoms with van der Waals surface area (Å²) < 4.78 is 19.4. The molecule has 3 aliphatic rings. The molecule has 0 atom stereocenters. The Labute approximate surface area is 188 Å². The van der Waals surface area contributed by atoms with Crippen molar-refractivity contribution in [2.24, 2.45) is 11.3 Å². The zero-order valence-corrected chi connectivity index (χ0v) is 19.0. The summed E-state index contributed by atoms with van der Waals surface area (Å²) in [5.74, 6) is 1.84. The van der Waals surface area contributed by atoms with Crippen molar-refractivity contribution in [2.45, 2.75) is 64.5 Å². The van der Waals surface area contributed by atoms with Crippen LogP contribution >= 0.6 is 0 Å². The van der Waals surface area contributed by atoms with Crippen molar-refractivity contribution >= 4 is 11.7 Å². The molecule has 0 radical (unpaired) electrons. The standard InChI is InChI=1S/C24H32FN5O2/c1-23(2,25)22-28-27-20(32-22)18-8-9-19(26-14-18)29-12-10-24(11-13-29)15-30(16-24)21(31)17-6-4-3-5-7-17/h8-9,14,17H,3-7,10-13,15-16H2,1-2H3. The monoisotopic (exact) mass is 441 g/mol. The van der Waals surface area contributed by atoms with E-state index in [1.807, 2.05) is 12.1 Å². The molecule has 4 heterocycles. The van der Waals surface area contributed by atoms with Crippen molar-refractivity contribution < 1.29 is 13.6 Å². The largest absolute Gasteiger partial charge is 0.417 e. The summed E-state index contributed by atoms with van der Waals surface area (Å²) in [6.07, 6.45) is 9.73. The number of hydrogen-bond acceptors (Lipinski definition) is 6. The van der Waals surface area contributed by atoms with Crippen molar-refractivity contribution in [1.29, 1.82) is 0 Å². The molecule has 2 aromatic heterocycles. The zero-order chi connectivity index (χ0) is 22.3. The Bertz CT molecular complexity index is 946. The third kappa shape index (κ3) is 4.11. The van der Waals surface area contributed by atoms with Crippen LogP contribution in [0.2, 0.25) is 0 Å². The molecule has 8 heteroatoms. The van der Waals surface area contributed by atoms with Crippen molar-refractivity contribution in [2.75, 3.05) is 31.1 Å². The number of carbonyl (C=O) groups excluding carboxylic acids is 1. The first-order valence-electron chi connectivity index (χ1n) is 11.9. The van der Waals surface area contributed by atoms with E-state index in [0.717, 1.165) is 57.7 Å². The van der Waals surface area contributed by atoms with Crippen LogP contribution in [0, 0.1) is 11.3 Å². The van der Waals surface area contributed by atoms with Crippen molar-refractivity contribution in [3.63, 3.8) is 0 Å². The fraction of sp³-hybridized carbons (Fsp3) is 0.667. The van der Waals surface area contributed by atoms with Crippen molar-refractivity contribution in [3.05, 3.63) is 24.2 Å². The summed E-state index contributed by atoms with van der Waals surface area (Å²) in [7, 11) is 0. The highest BCUT2D eigenvalue weighted by Gasteiger charge is 2.47. The number of nitrogens with zero attached hydrogens (tertiary/aromatic N) is 5. The van der Waals surface area contributed by atoms with Gasteiger partial charge in [0, 0.05) is 43.7 Å². The number of carbonyl (C=O) groups is 1. The van der Waals surface area contributed by atoms with E-state index in [1.54, 1.807) is 6.20 Å². The number of halogens is 1. The van der Waals surface area contributed by atoms with Gasteiger partial charge in [0.05, 0.1) is 5.56 Å². The first-order valence-corrected chi connectivity index (χ1v) is 11.9. The molecule has 0 bridgehead atoms. The first-order chi connectivity index (χ1) is 15.3. The number of anilines is 1. The maximum absolute atomic E-state index is 14.0. The van der Waals surface area contributed by atoms with E-state index in [0.29, 0.717) is 16.9 Å². The van der Waals surface area contributed by atoms with Crippen LogP contribution in [0.4, 0.5) is 10.2 Å². The Balaban J connectivity index is 1.15. The van der Waals surface area contributed by atoms with Crippen LogP contribution in [0.25, 0.3) is 11.5 Å². The molecule has 1 spiro atoms. The summed E-state index contributed by atoms with van der Waals surface area (Å²) in [5, 5.41) is 7.74. The minimum Gasteiger partial charge on any atom is -0.417 e. The molecule has 0 unspecified atom stereocenters. The van der Waals surface area contributed by atoms with Gasteiger partial charge in [-0.2, -0.15) is 0 Å². The highest BCUT2D eigenvalue weighted by atomic mass is 19.1. The SMILES string of the molecule is CC(C)(F)c1nnc(-c2ccc(N3CCC4(CC3)CN(C(=O)C3CCCCC3)C4)nc2)o1. The van der Waals surface area contributed by atoms with Gasteiger partial charge >= 0.3 is 0 Å². The van der Waals surface area contributed by atoms with E-state index < -0.39 is 5.67 Å². The zero-order valence-electron chi connectivity index (χ0n) is 19.0. The molecule has 5 rings (SSSR count). The molecule has 7 nitrogen and oxygen atoms in total. The van der Waals surface area contributed by atoms with Gasteiger partial charge in [0.2, 0.25) is 11.8 Å². The number of hydrogen-bond donors (Lipinski definition) is 0. The molecular weight excluding hydrogens is 409 g/mol. The van der Waals surface area contributed by atoms with Crippen LogP contribution < -0.4 is 4.90 Å². The third-order valence-corrected chi connectivity index (χ3v) is 7.40. The summed E-state index contributed by atoms with van der Waals surface area (Å²) in [5.41, 5.74) is -0.693. The number of likely N-dealkylation sites (tertiary alicyclic amines) is 1. The second-order valence-electron chi connectivity index (χ2n) is 10.3. The van der Waals surface area contributed by atoms with Gasteiger partial charge in [-0.3, -0.25) is 4.79 Å². The Morgan fingerprint density at radius 3 is 2.44 bits per heavy atom. The molecule has 32 heavy (non-hydrogen) atoms. The lowest BCUT2D eigenvalue weighted by atomic mass is 9.71. The predicted octanol–water partition coefficient (Wildman–Crippen LogP) is 4.35. The Hall–Kier alpha value is -2.51. The predicted molar refractivity (Wildman–Crippen MR) is 119 cm³/mol. The van der Waals surface area contributed by atoms with Gasteiger partial charge in [-0.1, -0.05) is 19.3 Å². The van der Waals surface area contributed by atoms with Gasteiger partial charge in [-0.25, -0.2) is 9.37 Å². The molecule has 1 saturated carbocycles. The van der Waals surface area contributed by atoms with Gasteiger partial charge in [0.15, 0.2) is 5.67 Å². The van der Waals surface area contributed by atoms with E-state index in [9.17, 15) is 9.18 Å². The van der Waals surface area contributed by atoms with E-state index in [-0.39, 0.29) is 17.7 Å². The van der Waals surface area contributed by atoms with E-state index in [1.165, 1.54) is 33.1 Å². The van der Waals surface area contributed by atoms with Crippen LogP contribution in [0.5, 0.6) is 0 Å². The lowest BCUT2D eigenvalue weighted by Gasteiger charge is -2.55. The van der Waals surface area contributed by atoms with E-state index >= 15 is 0 Å². The van der Waals surface area contributed by atoms with Crippen LogP contribution in [0.1, 0.15) is 64.7 Å². The number of amides is 1. The molecule has 0 N–H and O–H groups in total. The molecule has 1 aliphatic carbocycles. The molecule has 2 aromatic rings. The Morgan fingerprint density at radius 1 is 1.12 bits per heavy atom. The third-order valence-electron chi connectivity index (χ3n) is 7.40. The fourth-order valence-corrected chi connectivity index (χ4v) is 5.33. The van der Waals surface area contributed by atoms with E-state index in [2.05, 4.69) is 25.0 Å². The van der Waals surface area contributed by atoms with Crippen LogP contribution in [0.3, 0.4) is 0 Å². The molecule has 1 amide bonds. The normalized spacial score (nSPS) is 21.6. The number of rotatable bonds is 4. The van der Waals surface area contributed by atoms with Crippen LogP contribution in [-0.2, 0) is 10.5 Å². The summed E-state index contributed by atoms with van der Waals surface area (Å²) in [6, 6.07) is 3.85. The average molecular weight is 442 g/mol. The van der Waals surface area contributed by atoms with Gasteiger partial charge in [0.25, 0.3) is 5.89 Å². The molecule has 2 aliphatic heterocycles. The van der Waals surface area contributed by atoms with Gasteiger partial charge in [0.1, 0.15) is 5.82 Å². The lowest BCUT2D eigenvalue weighted by Crippen LogP contribution is -2.63. The van der Waals surface area contributed by atoms with Crippen molar-refractivity contribution in [3.8, 4) is 11.5 Å². The van der Waals surface area contributed by atoms with Gasteiger partial charge in [-0.05, 0) is 51.7 Å². The topological polar surface area (TPSA) is 75.4 Å². The average Bonchev–Trinajstić information content (AvgIpc) is 3.29. The van der Waals surface area contributed by atoms with Gasteiger partial charge in [-0.15, -0.1) is 10.2 Å². The fourth-order valence-electron chi connectivity index (χ4n) is 5.33. The summed E-state index contributed by atoms with van der Waals surface area (Å²) in [4.78, 5) is 21.8. The lowest BCUT2D eigenvalue weighted by molar-refractivity contribution is -0.150.